The Kier molecular flexibility index (Phi) is 8.77. The van der Waals surface area contributed by atoms with Crippen LogP contribution in [0.25, 0.3) is 0 Å². The summed E-state index contributed by atoms with van der Waals surface area (Å²) in [4.78, 5) is 6.92. The van der Waals surface area contributed by atoms with Gasteiger partial charge in [-0.3, -0.25) is 0 Å². The van der Waals surface area contributed by atoms with Crippen molar-refractivity contribution in [2.75, 3.05) is 26.4 Å². The second kappa shape index (κ2) is 9.93. The molecule has 48 heavy (non-hydrogen) atoms. The van der Waals surface area contributed by atoms with E-state index < -0.39 is 18.5 Å². The van der Waals surface area contributed by atoms with Gasteiger partial charge in [0, 0.05) is 0 Å². The van der Waals surface area contributed by atoms with Crippen molar-refractivity contribution in [3.63, 3.8) is 0 Å². The molecule has 3 aliphatic heterocycles. The van der Waals surface area contributed by atoms with Gasteiger partial charge in [-0.15, -0.1) is 0 Å². The minimum atomic E-state index is -10.2. The van der Waals surface area contributed by atoms with Crippen molar-refractivity contribution in [1.29, 1.82) is 0 Å². The third kappa shape index (κ3) is 6.05. The molecule has 0 atom stereocenters. The van der Waals surface area contributed by atoms with Crippen molar-refractivity contribution in [3.05, 3.63) is 25.3 Å². The molecule has 0 bridgehead atoms. The fraction of sp³-hybridized carbons (Fsp3) is 0.902. The molecule has 3 fully saturated rings. The first-order valence-corrected chi connectivity index (χ1v) is 33.9. The van der Waals surface area contributed by atoms with Gasteiger partial charge in [0.05, 0.1) is 0 Å². The van der Waals surface area contributed by atoms with Gasteiger partial charge >= 0.3 is 285 Å². The average molecular weight is 761 g/mol. The van der Waals surface area contributed by atoms with Crippen LogP contribution in [0.1, 0.15) is 159 Å². The summed E-state index contributed by atoms with van der Waals surface area (Å²) in [5.41, 5.74) is -1.67. The van der Waals surface area contributed by atoms with Gasteiger partial charge in [-0.1, -0.05) is 0 Å². The zero-order valence-corrected chi connectivity index (χ0v) is 35.9. The van der Waals surface area contributed by atoms with Crippen LogP contribution in [-0.2, 0) is 32.2 Å². The van der Waals surface area contributed by atoms with Gasteiger partial charge in [-0.2, -0.15) is 0 Å². The van der Waals surface area contributed by atoms with E-state index in [2.05, 4.69) is 75.5 Å². The van der Waals surface area contributed by atoms with E-state index in [1.54, 1.807) is 12.2 Å². The molecule has 3 aliphatic rings. The summed E-state index contributed by atoms with van der Waals surface area (Å²) in [6, 6.07) is 0. The summed E-state index contributed by atoms with van der Waals surface area (Å²) in [5, 5.41) is 0. The topological polar surface area (TPSA) is 63.2 Å². The van der Waals surface area contributed by atoms with E-state index in [1.807, 2.05) is 0 Å². The van der Waals surface area contributed by atoms with Crippen LogP contribution in [0.5, 0.6) is 0 Å². The number of allylic oxidation sites excluding steroid dienone is 2. The van der Waals surface area contributed by atoms with E-state index in [9.17, 15) is 0 Å². The van der Waals surface area contributed by atoms with Crippen molar-refractivity contribution in [1.82, 2.24) is 0 Å². The van der Waals surface area contributed by atoms with Crippen LogP contribution in [-0.4, -0.2) is 26.4 Å². The van der Waals surface area contributed by atoms with Gasteiger partial charge in [0.2, 0.25) is 0 Å². The third-order valence-corrected chi connectivity index (χ3v) is 62.0. The summed E-state index contributed by atoms with van der Waals surface area (Å²) in [6.45, 7) is 29.2. The van der Waals surface area contributed by atoms with Crippen LogP contribution < -0.4 is 0 Å². The zero-order valence-electron chi connectivity index (χ0n) is 33.5. The molecule has 0 N–H and O–H groups in total. The molecule has 6 nitrogen and oxygen atoms in total. The molecule has 3 rings (SSSR count). The molecule has 0 aromatic heterocycles. The van der Waals surface area contributed by atoms with Gasteiger partial charge in [0.25, 0.3) is 0 Å². The molecule has 3 saturated heterocycles. The monoisotopic (exact) mass is 760 g/mol. The molecular formula is C41H81O6Zr. The third-order valence-electron chi connectivity index (χ3n) is 15.6. The molecular weight excluding hydrogens is 680 g/mol. The van der Waals surface area contributed by atoms with Crippen molar-refractivity contribution in [2.24, 2.45) is 21.7 Å². The molecule has 0 amide bonds. The second-order valence-corrected chi connectivity index (χ2v) is 65.9. The molecule has 3 heterocycles. The Labute approximate surface area is 283 Å². The molecule has 285 valence electrons. The molecule has 0 aliphatic carbocycles. The molecule has 1 spiro atoms. The predicted molar refractivity (Wildman–Crippen MR) is 200 cm³/mol. The Morgan fingerprint density at radius 3 is 1.40 bits per heavy atom. The Morgan fingerprint density at radius 2 is 0.979 bits per heavy atom. The average Bonchev–Trinajstić information content (AvgIpc) is 2.95. The van der Waals surface area contributed by atoms with E-state index in [0.717, 1.165) is 77.0 Å². The van der Waals surface area contributed by atoms with Gasteiger partial charge in [0.1, 0.15) is 0 Å². The molecule has 0 aromatic carbocycles. The molecule has 0 unspecified atom stereocenters. The Hall–Kier alpha value is -0.0369. The maximum atomic E-state index is 20.7. The second-order valence-electron chi connectivity index (χ2n) is 23.9. The van der Waals surface area contributed by atoms with Crippen LogP contribution in [0.3, 0.4) is 0 Å². The predicted octanol–water partition coefficient (Wildman–Crippen LogP) is 13.8. The van der Waals surface area contributed by atoms with Gasteiger partial charge in [-0.05, 0) is 0 Å². The summed E-state index contributed by atoms with van der Waals surface area (Å²) in [5.74, 6) is 0. The van der Waals surface area contributed by atoms with Crippen LogP contribution >= 0.6 is 0 Å². The Bertz CT molecular complexity index is 1460. The van der Waals surface area contributed by atoms with Crippen molar-refractivity contribution in [2.45, 2.75) is 179 Å². The van der Waals surface area contributed by atoms with E-state index in [0.29, 0.717) is 19.3 Å². The van der Waals surface area contributed by atoms with Crippen molar-refractivity contribution >= 4 is 0 Å². The molecule has 0 radical (unpaired) electrons. The van der Waals surface area contributed by atoms with Gasteiger partial charge in [0.15, 0.2) is 0 Å². The summed E-state index contributed by atoms with van der Waals surface area (Å²) >= 11 is -10.2. The standard InChI is InChI=1S/C10H21O3.2C10H20O.C5H11.2C3H5.O.Zr/c1-10(2,9-13-12)7-5-3-4-6-8-11;2*1-4-5-6-7-8-10(2,3)9-11;1-5(2,3)4;2*1-3-2;;/h12H,3-9H2,1-2H3;2*1,4-9H2,2-3H3;1H2,2-4H3;2*3H,1-2H2;;/q3*-1;;;;;+4/p-1. The van der Waals surface area contributed by atoms with E-state index in [-0.39, 0.29) is 63.3 Å². The zero-order chi connectivity index (χ0) is 36.2. The maximum absolute atomic E-state index is 20.7. The van der Waals surface area contributed by atoms with Crippen LogP contribution in [0, 0.1) is 21.7 Å². The fourth-order valence-corrected chi connectivity index (χ4v) is 64.2. The minimum absolute atomic E-state index is 0.0669. The molecule has 0 aromatic rings. The van der Waals surface area contributed by atoms with Gasteiger partial charge in [-0.25, -0.2) is 0 Å². The summed E-state index contributed by atoms with van der Waals surface area (Å²) in [7, 11) is 0. The van der Waals surface area contributed by atoms with Crippen molar-refractivity contribution < 1.29 is 32.2 Å². The van der Waals surface area contributed by atoms with E-state index in [1.165, 1.54) is 0 Å². The molecule has 0 saturated carbocycles. The normalized spacial score (nSPS) is 38.4. The first-order chi connectivity index (χ1) is 21.7. The van der Waals surface area contributed by atoms with Crippen LogP contribution in [0.4, 0.5) is 0 Å². The quantitative estimate of drug-likeness (QED) is 0.205. The number of hydrogen-bond donors (Lipinski definition) is 0. The fourth-order valence-electron chi connectivity index (χ4n) is 13.6. The Balaban J connectivity index is 2.93. The SMILES string of the molecule is C=C[CH2][Zr]123(=[O])([CH2]C=C)([CH2]C(C)(C)C)([CH2]CCCCCC(C)(C)C[O]1)([CH2]CCCCCC(C)(C)C[O]2)[O]CCCCCCC(C)(C)CO[O]3. The van der Waals surface area contributed by atoms with Crippen LogP contribution in [0.15, 0.2) is 25.3 Å². The number of hydrogen-bond acceptors (Lipinski definition) is 6. The summed E-state index contributed by atoms with van der Waals surface area (Å²) in [6.07, 6.45) is 17.0. The van der Waals surface area contributed by atoms with Crippen molar-refractivity contribution in [3.8, 4) is 0 Å². The summed E-state index contributed by atoms with van der Waals surface area (Å²) < 4.78 is 52.4. The van der Waals surface area contributed by atoms with E-state index in [4.69, 9.17) is 16.3 Å². The molecule has 7 heteroatoms. The van der Waals surface area contributed by atoms with E-state index >= 15 is 2.81 Å². The van der Waals surface area contributed by atoms with Crippen LogP contribution in [0.2, 0.25) is 20.6 Å². The first-order valence-electron chi connectivity index (χ1n) is 20.2. The Morgan fingerprint density at radius 1 is 0.583 bits per heavy atom. The number of rotatable bonds is 5. The van der Waals surface area contributed by atoms with Gasteiger partial charge < -0.3 is 0 Å². The first kappa shape index (κ1) is 42.4.